The molecule has 0 spiro atoms. The van der Waals surface area contributed by atoms with E-state index < -0.39 is 0 Å². The molecular formula is C22H22N4O3S. The van der Waals surface area contributed by atoms with Gasteiger partial charge < -0.3 is 5.32 Å². The van der Waals surface area contributed by atoms with Crippen LogP contribution in [-0.4, -0.2) is 27.9 Å². The van der Waals surface area contributed by atoms with Crippen LogP contribution in [0.3, 0.4) is 0 Å². The molecule has 8 heteroatoms. The molecular weight excluding hydrogens is 400 g/mol. The lowest BCUT2D eigenvalue weighted by atomic mass is 9.85. The van der Waals surface area contributed by atoms with Crippen LogP contribution >= 0.6 is 11.3 Å². The van der Waals surface area contributed by atoms with Crippen LogP contribution in [0.5, 0.6) is 0 Å². The monoisotopic (exact) mass is 422 g/mol. The van der Waals surface area contributed by atoms with Gasteiger partial charge in [0.2, 0.25) is 22.9 Å². The fourth-order valence-corrected chi connectivity index (χ4v) is 5.55. The second-order valence-corrected chi connectivity index (χ2v) is 9.51. The van der Waals surface area contributed by atoms with Crippen molar-refractivity contribution in [3.8, 4) is 0 Å². The van der Waals surface area contributed by atoms with Gasteiger partial charge in [0, 0.05) is 5.92 Å². The Labute approximate surface area is 178 Å². The fraction of sp³-hybridized carbons (Fsp3) is 0.409. The first kappa shape index (κ1) is 19.1. The predicted molar refractivity (Wildman–Crippen MR) is 113 cm³/mol. The van der Waals surface area contributed by atoms with E-state index in [1.165, 1.54) is 16.2 Å². The van der Waals surface area contributed by atoms with Gasteiger partial charge in [-0.15, -0.1) is 10.2 Å². The van der Waals surface area contributed by atoms with Gasteiger partial charge >= 0.3 is 0 Å². The molecule has 2 heterocycles. The summed E-state index contributed by atoms with van der Waals surface area (Å²) < 4.78 is 0. The molecule has 1 aromatic carbocycles. The number of nitrogens with one attached hydrogen (secondary N) is 1. The molecule has 30 heavy (non-hydrogen) atoms. The third-order valence-corrected chi connectivity index (χ3v) is 7.35. The number of rotatable bonds is 5. The van der Waals surface area contributed by atoms with Gasteiger partial charge in [-0.25, -0.2) is 0 Å². The second-order valence-electron chi connectivity index (χ2n) is 8.50. The molecule has 2 aliphatic carbocycles. The zero-order valence-corrected chi connectivity index (χ0v) is 17.6. The van der Waals surface area contributed by atoms with Crippen LogP contribution < -0.4 is 10.2 Å². The maximum absolute atomic E-state index is 12.9. The zero-order chi connectivity index (χ0) is 21.0. The Balaban J connectivity index is 1.25. The number of hydrogen-bond donors (Lipinski definition) is 1. The van der Waals surface area contributed by atoms with Gasteiger partial charge in [0.05, 0.1) is 23.9 Å². The van der Waals surface area contributed by atoms with Crippen molar-refractivity contribution >= 4 is 39.9 Å². The molecule has 3 aliphatic rings. The summed E-state index contributed by atoms with van der Waals surface area (Å²) in [5, 5.41) is 12.2. The van der Waals surface area contributed by atoms with Crippen molar-refractivity contribution in [1.82, 2.24) is 10.2 Å². The quantitative estimate of drug-likeness (QED) is 0.590. The normalized spacial score (nSPS) is 26.7. The summed E-state index contributed by atoms with van der Waals surface area (Å²) in [5.74, 6) is -0.126. The highest BCUT2D eigenvalue weighted by molar-refractivity contribution is 7.15. The summed E-state index contributed by atoms with van der Waals surface area (Å²) in [6.45, 7) is 4.05. The van der Waals surface area contributed by atoms with E-state index in [2.05, 4.69) is 27.7 Å². The fourth-order valence-electron chi connectivity index (χ4n) is 4.79. The largest absolute Gasteiger partial charge is 0.300 e. The van der Waals surface area contributed by atoms with Crippen LogP contribution in [0.2, 0.25) is 0 Å². The van der Waals surface area contributed by atoms with E-state index in [0.29, 0.717) is 10.8 Å². The Bertz CT molecular complexity index is 1030. The molecule has 3 amide bonds. The number of allylic oxidation sites excluding steroid dienone is 2. The second kappa shape index (κ2) is 7.12. The maximum atomic E-state index is 12.9. The predicted octanol–water partition coefficient (Wildman–Crippen LogP) is 3.15. The van der Waals surface area contributed by atoms with Crippen LogP contribution in [-0.2, 0) is 20.8 Å². The van der Waals surface area contributed by atoms with Gasteiger partial charge in [0.1, 0.15) is 5.01 Å². The van der Waals surface area contributed by atoms with Crippen molar-refractivity contribution in [1.29, 1.82) is 0 Å². The van der Waals surface area contributed by atoms with Gasteiger partial charge in [-0.2, -0.15) is 0 Å². The molecule has 1 saturated carbocycles. The minimum atomic E-state index is -0.208. The molecule has 1 N–H and O–H groups in total. The van der Waals surface area contributed by atoms with Crippen molar-refractivity contribution in [2.24, 2.45) is 23.7 Å². The number of aromatic nitrogens is 2. The maximum Gasteiger partial charge on any atom is 0.238 e. The van der Waals surface area contributed by atoms with Gasteiger partial charge in [-0.05, 0) is 36.0 Å². The van der Waals surface area contributed by atoms with E-state index in [4.69, 9.17) is 0 Å². The van der Waals surface area contributed by atoms with Gasteiger partial charge in [0.15, 0.2) is 0 Å². The highest BCUT2D eigenvalue weighted by Crippen LogP contribution is 2.53. The lowest BCUT2D eigenvalue weighted by Gasteiger charge is -2.17. The number of imide groups is 1. The Hall–Kier alpha value is -2.87. The van der Waals surface area contributed by atoms with Gasteiger partial charge in [-0.1, -0.05) is 49.5 Å². The molecule has 1 aromatic heterocycles. The highest BCUT2D eigenvalue weighted by atomic mass is 32.1. The number of carbonyl (C=O) groups excluding carboxylic acids is 3. The standard InChI is InChI=1S/C22H22N4O3S/c1-11(2)19-24-25-22(30-19)23-16(27)9-12-3-7-15(8-4-12)26-20(28)17-13-5-6-14(10-13)18(17)21(26)29/h3-8,11,13-14,17-18H,9-10H2,1-2H3,(H,23,25,27). The molecule has 2 fully saturated rings. The van der Waals surface area contributed by atoms with Crippen molar-refractivity contribution < 1.29 is 14.4 Å². The molecule has 2 bridgehead atoms. The lowest BCUT2D eigenvalue weighted by Crippen LogP contribution is -2.32. The smallest absolute Gasteiger partial charge is 0.238 e. The number of nitrogens with zero attached hydrogens (tertiary/aromatic N) is 3. The molecule has 5 rings (SSSR count). The van der Waals surface area contributed by atoms with Crippen LogP contribution in [0.1, 0.15) is 36.8 Å². The van der Waals surface area contributed by atoms with Crippen LogP contribution in [0.25, 0.3) is 0 Å². The number of fused-ring (bicyclic) bond motifs is 5. The summed E-state index contributed by atoms with van der Waals surface area (Å²) in [7, 11) is 0. The van der Waals surface area contributed by atoms with Crippen molar-refractivity contribution in [3.05, 3.63) is 47.0 Å². The SMILES string of the molecule is CC(C)c1nnc(NC(=O)Cc2ccc(N3C(=O)C4C5C=CC(C5)C4C3=O)cc2)s1. The van der Waals surface area contributed by atoms with Crippen molar-refractivity contribution in [3.63, 3.8) is 0 Å². The average Bonchev–Trinajstić information content (AvgIpc) is 3.47. The molecule has 1 aliphatic heterocycles. The van der Waals surface area contributed by atoms with E-state index in [0.717, 1.165) is 17.0 Å². The number of amides is 3. The van der Waals surface area contributed by atoms with E-state index in [1.54, 1.807) is 24.3 Å². The van der Waals surface area contributed by atoms with Crippen LogP contribution in [0.15, 0.2) is 36.4 Å². The highest BCUT2D eigenvalue weighted by Gasteiger charge is 2.59. The molecule has 154 valence electrons. The molecule has 1 saturated heterocycles. The first-order valence-corrected chi connectivity index (χ1v) is 11.0. The van der Waals surface area contributed by atoms with Crippen molar-refractivity contribution in [2.75, 3.05) is 10.2 Å². The molecule has 2 aromatic rings. The first-order chi connectivity index (χ1) is 14.4. The molecule has 0 radical (unpaired) electrons. The third kappa shape index (κ3) is 3.06. The zero-order valence-electron chi connectivity index (χ0n) is 16.7. The Kier molecular flexibility index (Phi) is 4.54. The third-order valence-electron chi connectivity index (χ3n) is 6.21. The van der Waals surface area contributed by atoms with E-state index in [9.17, 15) is 14.4 Å². The Morgan fingerprint density at radius 2 is 1.73 bits per heavy atom. The Morgan fingerprint density at radius 1 is 1.10 bits per heavy atom. The summed E-state index contributed by atoms with van der Waals surface area (Å²) in [6, 6.07) is 7.07. The van der Waals surface area contributed by atoms with Gasteiger partial charge in [0.25, 0.3) is 0 Å². The van der Waals surface area contributed by atoms with Gasteiger partial charge in [-0.3, -0.25) is 19.3 Å². The average molecular weight is 423 g/mol. The summed E-state index contributed by atoms with van der Waals surface area (Å²) in [4.78, 5) is 39.5. The topological polar surface area (TPSA) is 92.3 Å². The first-order valence-electron chi connectivity index (χ1n) is 10.2. The summed E-state index contributed by atoms with van der Waals surface area (Å²) >= 11 is 1.37. The number of carbonyl (C=O) groups is 3. The lowest BCUT2D eigenvalue weighted by molar-refractivity contribution is -0.123. The minimum absolute atomic E-state index is 0.0930. The molecule has 4 unspecified atom stereocenters. The molecule has 4 atom stereocenters. The van der Waals surface area contributed by atoms with E-state index in [1.807, 2.05) is 13.8 Å². The summed E-state index contributed by atoms with van der Waals surface area (Å²) in [5.41, 5.74) is 1.37. The Morgan fingerprint density at radius 3 is 2.30 bits per heavy atom. The minimum Gasteiger partial charge on any atom is -0.300 e. The molecule has 7 nitrogen and oxygen atoms in total. The van der Waals surface area contributed by atoms with Crippen molar-refractivity contribution in [2.45, 2.75) is 32.6 Å². The summed E-state index contributed by atoms with van der Waals surface area (Å²) in [6.07, 6.45) is 5.27. The van der Waals surface area contributed by atoms with E-state index in [-0.39, 0.29) is 53.7 Å². The van der Waals surface area contributed by atoms with Crippen LogP contribution in [0.4, 0.5) is 10.8 Å². The number of benzene rings is 1. The number of hydrogen-bond acceptors (Lipinski definition) is 6. The van der Waals surface area contributed by atoms with Crippen LogP contribution in [0, 0.1) is 23.7 Å². The van der Waals surface area contributed by atoms with E-state index >= 15 is 0 Å². The number of anilines is 2.